The number of hydrogen-bond acceptors (Lipinski definition) is 27. The highest BCUT2D eigenvalue weighted by atomic mass is 35.7. The first kappa shape index (κ1) is 90.4. The molecule has 2 aliphatic rings. The Hall–Kier alpha value is -11.2. The molecule has 2 fully saturated rings. The molecule has 14 rings (SSSR count). The summed E-state index contributed by atoms with van der Waals surface area (Å²) in [5, 5.41) is 20.5. The highest BCUT2D eigenvalue weighted by molar-refractivity contribution is 8.14. The quantitative estimate of drug-likeness (QED) is 0.0253. The number of sulfone groups is 1. The zero-order chi connectivity index (χ0) is 83.5. The molecule has 0 aliphatic heterocycles. The number of hydrogen-bond donors (Lipinski definition) is 4. The number of carbonyl (C=O) groups is 2. The molecular weight excluding hydrogens is 1590 g/mol. The monoisotopic (exact) mass is 1680 g/mol. The summed E-state index contributed by atoms with van der Waals surface area (Å²) in [4.78, 5) is 58.9. The number of carbonyl (C=O) groups excluding carboxylic acids is 2. The van der Waals surface area contributed by atoms with Gasteiger partial charge in [-0.15, -0.1) is 12.4 Å². The predicted octanol–water partition coefficient (Wildman–Crippen LogP) is 14.6. The third kappa shape index (κ3) is 26.2. The summed E-state index contributed by atoms with van der Waals surface area (Å²) in [6.07, 6.45) is 9.41. The van der Waals surface area contributed by atoms with Crippen LogP contribution in [0.5, 0.6) is 46.0 Å². The van der Waals surface area contributed by atoms with Gasteiger partial charge in [-0.2, -0.15) is 0 Å². The highest BCUT2D eigenvalue weighted by Gasteiger charge is 2.36. The van der Waals surface area contributed by atoms with Crippen molar-refractivity contribution in [1.82, 2.24) is 39.9 Å². The molecular formula is C82H90BCl3N10O18S2. The summed E-state index contributed by atoms with van der Waals surface area (Å²) in [6, 6.07) is 43.1. The van der Waals surface area contributed by atoms with Gasteiger partial charge < -0.3 is 63.2 Å². The van der Waals surface area contributed by atoms with Crippen molar-refractivity contribution in [2.24, 2.45) is 0 Å². The average Bonchev–Trinajstić information content (AvgIpc) is 1.46. The molecule has 116 heavy (non-hydrogen) atoms. The summed E-state index contributed by atoms with van der Waals surface area (Å²) in [7, 11) is 9.91. The van der Waals surface area contributed by atoms with Crippen LogP contribution in [0.4, 0.5) is 16.2 Å². The fourth-order valence-corrected chi connectivity index (χ4v) is 13.9. The third-order valence-corrected chi connectivity index (χ3v) is 21.2. The van der Waals surface area contributed by atoms with Crippen LogP contribution in [0.25, 0.3) is 77.9 Å². The SMILES string of the molecule is CC(C)(C)OC(=O)Cc1ccc(B(O)O)cc1.COc1cc2ncc(-c3ccc(CS(=O)(=O)C4CC4)cc3)nc2cc1OC.COc1cc2ncc(-c3ccc(N)cc3)nc2cc1OC.COc1cc2ncc(-c3ccc(NC(=O)OC(C)(C)C)cc3)nc2cc1OC.COc1cc2ncc(Cl)nc2cc1OC.Cl.O=S(=O)(Cl)C1CC1. The molecule has 12 aromatic rings. The van der Waals surface area contributed by atoms with Crippen molar-refractivity contribution in [2.75, 3.05) is 67.9 Å². The maximum absolute atomic E-state index is 12.1. The minimum absolute atomic E-state index is 0. The first-order chi connectivity index (χ1) is 54.6. The Balaban J connectivity index is 0.000000180. The molecule has 4 aromatic heterocycles. The number of nitrogen functional groups attached to an aromatic ring is 1. The number of nitrogens with zero attached hydrogens (tertiary/aromatic N) is 8. The summed E-state index contributed by atoms with van der Waals surface area (Å²) in [6.45, 7) is 10.9. The fraction of sp³-hybridized carbons (Fsp3) is 0.293. The Morgan fingerprint density at radius 3 is 1.09 bits per heavy atom. The second-order valence-corrected chi connectivity index (χ2v) is 33.4. The normalized spacial score (nSPS) is 12.3. The van der Waals surface area contributed by atoms with Crippen LogP contribution in [0.15, 0.2) is 170 Å². The Morgan fingerprint density at radius 2 is 0.776 bits per heavy atom. The smallest absolute Gasteiger partial charge is 0.488 e. The molecule has 1 amide bonds. The van der Waals surface area contributed by atoms with Crippen molar-refractivity contribution in [2.45, 2.75) is 101 Å². The molecule has 5 N–H and O–H groups in total. The van der Waals surface area contributed by atoms with Gasteiger partial charge in [0.25, 0.3) is 0 Å². The van der Waals surface area contributed by atoms with Gasteiger partial charge in [0.05, 0.1) is 166 Å². The number of halogens is 3. The van der Waals surface area contributed by atoms with E-state index in [1.54, 1.807) is 148 Å². The number of nitrogens with one attached hydrogen (secondary N) is 1. The molecule has 0 radical (unpaired) electrons. The van der Waals surface area contributed by atoms with Gasteiger partial charge in [0, 0.05) is 87.3 Å². The van der Waals surface area contributed by atoms with E-state index in [1.807, 2.05) is 114 Å². The predicted molar refractivity (Wildman–Crippen MR) is 453 cm³/mol. The molecule has 4 heterocycles. The van der Waals surface area contributed by atoms with E-state index in [1.165, 1.54) is 6.20 Å². The van der Waals surface area contributed by atoms with Crippen molar-refractivity contribution in [3.63, 3.8) is 0 Å². The molecule has 0 unspecified atom stereocenters. The van der Waals surface area contributed by atoms with Crippen LogP contribution in [0, 0.1) is 0 Å². The number of fused-ring (bicyclic) bond motifs is 4. The first-order valence-electron chi connectivity index (χ1n) is 35.7. The van der Waals surface area contributed by atoms with E-state index in [2.05, 4.69) is 45.2 Å². The molecule has 0 spiro atoms. The molecule has 2 saturated carbocycles. The Morgan fingerprint density at radius 1 is 0.457 bits per heavy atom. The zero-order valence-corrected chi connectivity index (χ0v) is 70.2. The maximum atomic E-state index is 12.1. The third-order valence-electron chi connectivity index (χ3n) is 16.8. The number of nitrogens with two attached hydrogens (primary N) is 1. The lowest BCUT2D eigenvalue weighted by Crippen LogP contribution is -2.29. The lowest BCUT2D eigenvalue weighted by atomic mass is 9.80. The second-order valence-electron chi connectivity index (χ2n) is 27.8. The summed E-state index contributed by atoms with van der Waals surface area (Å²) in [5.41, 5.74) is 18.7. The topological polar surface area (TPSA) is 376 Å². The maximum Gasteiger partial charge on any atom is 0.488 e. The second kappa shape index (κ2) is 40.4. The number of rotatable bonds is 19. The van der Waals surface area contributed by atoms with Crippen LogP contribution in [0.1, 0.15) is 78.4 Å². The van der Waals surface area contributed by atoms with Crippen LogP contribution < -0.4 is 54.4 Å². The van der Waals surface area contributed by atoms with Crippen LogP contribution in [0.3, 0.4) is 0 Å². The minimum atomic E-state index is -3.16. The lowest BCUT2D eigenvalue weighted by molar-refractivity contribution is -0.153. The van der Waals surface area contributed by atoms with E-state index in [-0.39, 0.29) is 41.0 Å². The summed E-state index contributed by atoms with van der Waals surface area (Å²) in [5.74, 6) is 4.71. The molecule has 612 valence electrons. The van der Waals surface area contributed by atoms with Gasteiger partial charge >= 0.3 is 19.2 Å². The van der Waals surface area contributed by atoms with E-state index in [0.29, 0.717) is 101 Å². The Labute approximate surface area is 688 Å². The molecule has 0 bridgehead atoms. The van der Waals surface area contributed by atoms with E-state index in [4.69, 9.17) is 85.4 Å². The lowest BCUT2D eigenvalue weighted by Gasteiger charge is -2.19. The minimum Gasteiger partial charge on any atom is -0.493 e. The Kier molecular flexibility index (Phi) is 31.5. The van der Waals surface area contributed by atoms with Crippen molar-refractivity contribution in [3.05, 3.63) is 187 Å². The van der Waals surface area contributed by atoms with Crippen LogP contribution >= 0.6 is 34.7 Å². The number of methoxy groups -OCH3 is 8. The summed E-state index contributed by atoms with van der Waals surface area (Å²) < 4.78 is 97.1. The van der Waals surface area contributed by atoms with Gasteiger partial charge in [-0.25, -0.2) is 41.6 Å². The van der Waals surface area contributed by atoms with Gasteiger partial charge in [0.15, 0.2) is 55.8 Å². The number of esters is 1. The fourth-order valence-electron chi connectivity index (χ4n) is 10.8. The molecule has 2 aliphatic carbocycles. The van der Waals surface area contributed by atoms with Gasteiger partial charge in [-0.05, 0) is 108 Å². The number of benzene rings is 8. The number of ether oxygens (including phenoxy) is 10. The van der Waals surface area contributed by atoms with Gasteiger partial charge in [0.2, 0.25) is 9.05 Å². The zero-order valence-electron chi connectivity index (χ0n) is 66.2. The number of amides is 1. The molecule has 0 saturated heterocycles. The molecule has 34 heteroatoms. The van der Waals surface area contributed by atoms with Crippen molar-refractivity contribution in [3.8, 4) is 79.8 Å². The van der Waals surface area contributed by atoms with Gasteiger partial charge in [-0.3, -0.25) is 30.0 Å². The van der Waals surface area contributed by atoms with Crippen molar-refractivity contribution < 1.29 is 83.8 Å². The van der Waals surface area contributed by atoms with E-state index < -0.39 is 43.3 Å². The highest BCUT2D eigenvalue weighted by Crippen LogP contribution is 2.37. The Bertz CT molecular complexity index is 5620. The van der Waals surface area contributed by atoms with Gasteiger partial charge in [-0.1, -0.05) is 84.4 Å². The van der Waals surface area contributed by atoms with Crippen LogP contribution in [0.2, 0.25) is 5.15 Å². The van der Waals surface area contributed by atoms with Crippen molar-refractivity contribution in [1.29, 1.82) is 0 Å². The van der Waals surface area contributed by atoms with E-state index >= 15 is 0 Å². The molecule has 28 nitrogen and oxygen atoms in total. The summed E-state index contributed by atoms with van der Waals surface area (Å²) >= 11 is 5.74. The standard InChI is InChI=1S/C21H23N3O4.C20H20N2O4S.C16H15N3O2.C12H17BO4.C10H9ClN2O2.C3H5ClO2S.ClH/c1-21(2,3)28-20(25)23-14-8-6-13(7-9-14)17-12-22-15-10-18(26-4)19(27-5)11-16(15)24-17;1-25-19-9-16-17(10-20(19)26-2)22-18(11-21-16)14-5-3-13(4-6-14)12-27(23,24)15-7-8-15;1-20-15-7-12-13(8-16(15)21-2)19-14(9-18-12)10-3-5-11(17)6-4-10;1-12(2,3)17-11(14)8-9-4-6-10(7-5-9)13(15)16;1-14-8-3-6-7(4-9(8)15-2)13-10(11)5-12-6;4-7(5,6)3-1-2-3;/h6-12H,1-5H3,(H,23,25);3-6,9-11,15H,7-8,12H2,1-2H3;3-9H,17H2,1-2H3;4-7,15-16H,8H2,1-3H3;3-5H,1-2H3;3H,1-2H2;1H. The first-order valence-corrected chi connectivity index (χ1v) is 40.2. The molecule has 8 aromatic carbocycles. The number of aromatic nitrogens is 8. The van der Waals surface area contributed by atoms with Gasteiger partial charge in [0.1, 0.15) is 16.4 Å². The van der Waals surface area contributed by atoms with Crippen LogP contribution in [-0.2, 0) is 45.3 Å². The molecule has 0 atom stereocenters. The van der Waals surface area contributed by atoms with E-state index in [9.17, 15) is 26.4 Å². The average molecular weight is 1680 g/mol. The largest absolute Gasteiger partial charge is 0.493 e. The van der Waals surface area contributed by atoms with Crippen molar-refractivity contribution >= 4 is 134 Å². The van der Waals surface area contributed by atoms with E-state index in [0.717, 1.165) is 81.4 Å². The number of anilines is 2. The van der Waals surface area contributed by atoms with Crippen LogP contribution in [-0.4, -0.2) is 165 Å².